The van der Waals surface area contributed by atoms with Crippen LogP contribution in [0.5, 0.6) is 5.75 Å². The minimum Gasteiger partial charge on any atom is -0.496 e. The highest BCUT2D eigenvalue weighted by atomic mass is 16.5. The lowest BCUT2D eigenvalue weighted by molar-refractivity contribution is -0.151. The van der Waals surface area contributed by atoms with Crippen LogP contribution in [0.1, 0.15) is 42.5 Å². The first-order valence-electron chi connectivity index (χ1n) is 8.33. The number of esters is 1. The van der Waals surface area contributed by atoms with Gasteiger partial charge in [-0.25, -0.2) is 0 Å². The highest BCUT2D eigenvalue weighted by molar-refractivity contribution is 6.18. The van der Waals surface area contributed by atoms with E-state index in [2.05, 4.69) is 0 Å². The minimum absolute atomic E-state index is 0.132. The van der Waals surface area contributed by atoms with E-state index in [1.54, 1.807) is 19.2 Å². The Labute approximate surface area is 141 Å². The molecule has 0 bridgehead atoms. The van der Waals surface area contributed by atoms with Crippen LogP contribution in [-0.2, 0) is 9.53 Å². The molecule has 0 heterocycles. The van der Waals surface area contributed by atoms with Crippen molar-refractivity contribution in [1.29, 1.82) is 0 Å². The van der Waals surface area contributed by atoms with E-state index in [-0.39, 0.29) is 5.78 Å². The van der Waals surface area contributed by atoms with Crippen LogP contribution in [0, 0.1) is 5.41 Å². The van der Waals surface area contributed by atoms with Gasteiger partial charge in [-0.05, 0) is 30.4 Å². The molecule has 0 N–H and O–H groups in total. The van der Waals surface area contributed by atoms with Crippen LogP contribution in [-0.4, -0.2) is 26.0 Å². The molecule has 0 spiro atoms. The Morgan fingerprint density at radius 2 is 1.58 bits per heavy atom. The quantitative estimate of drug-likeness (QED) is 0.481. The number of hydrogen-bond donors (Lipinski definition) is 0. The zero-order valence-corrected chi connectivity index (χ0v) is 14.1. The van der Waals surface area contributed by atoms with Gasteiger partial charge in [-0.15, -0.1) is 0 Å². The molecule has 0 saturated heterocycles. The van der Waals surface area contributed by atoms with E-state index in [1.165, 1.54) is 7.11 Å². The highest BCUT2D eigenvalue weighted by Crippen LogP contribution is 2.42. The number of hydrogen-bond acceptors (Lipinski definition) is 4. The summed E-state index contributed by atoms with van der Waals surface area (Å²) >= 11 is 0. The molecule has 126 valence electrons. The predicted octanol–water partition coefficient (Wildman–Crippen LogP) is 4.15. The largest absolute Gasteiger partial charge is 0.496 e. The van der Waals surface area contributed by atoms with Crippen LogP contribution in [0.4, 0.5) is 0 Å². The van der Waals surface area contributed by atoms with Gasteiger partial charge in [-0.3, -0.25) is 9.59 Å². The number of Topliss-reactive ketones (excluding diaryl/α,β-unsaturated/α-hetero) is 1. The smallest absolute Gasteiger partial charge is 0.319 e. The second-order valence-corrected chi connectivity index (χ2v) is 6.32. The molecule has 0 atom stereocenters. The van der Waals surface area contributed by atoms with E-state index in [1.807, 2.05) is 24.3 Å². The van der Waals surface area contributed by atoms with Gasteiger partial charge < -0.3 is 9.47 Å². The van der Waals surface area contributed by atoms with Gasteiger partial charge >= 0.3 is 5.97 Å². The lowest BCUT2D eigenvalue weighted by Crippen LogP contribution is -2.42. The van der Waals surface area contributed by atoms with Crippen LogP contribution in [0.3, 0.4) is 0 Å². The topological polar surface area (TPSA) is 52.6 Å². The van der Waals surface area contributed by atoms with Crippen LogP contribution < -0.4 is 4.74 Å². The minimum atomic E-state index is -1.05. The summed E-state index contributed by atoms with van der Waals surface area (Å²) in [6.45, 7) is 0. The van der Waals surface area contributed by atoms with Crippen molar-refractivity contribution in [2.75, 3.05) is 14.2 Å². The van der Waals surface area contributed by atoms with E-state index in [0.717, 1.165) is 35.8 Å². The molecular formula is C20H22O4. The average molecular weight is 326 g/mol. The molecule has 0 aromatic heterocycles. The lowest BCUT2D eigenvalue weighted by Gasteiger charge is -2.33. The molecule has 1 fully saturated rings. The van der Waals surface area contributed by atoms with Crippen LogP contribution >= 0.6 is 0 Å². The molecule has 0 unspecified atom stereocenters. The van der Waals surface area contributed by atoms with Crippen molar-refractivity contribution >= 4 is 22.5 Å². The maximum absolute atomic E-state index is 13.4. The number of methoxy groups -OCH3 is 2. The molecule has 0 radical (unpaired) electrons. The Morgan fingerprint density at radius 1 is 0.917 bits per heavy atom. The van der Waals surface area contributed by atoms with Crippen LogP contribution in [0.25, 0.3) is 10.8 Å². The van der Waals surface area contributed by atoms with E-state index >= 15 is 0 Å². The summed E-state index contributed by atoms with van der Waals surface area (Å²) in [4.78, 5) is 25.9. The first-order chi connectivity index (χ1) is 11.6. The molecular weight excluding hydrogens is 304 g/mol. The van der Waals surface area contributed by atoms with Gasteiger partial charge in [-0.2, -0.15) is 0 Å². The Kier molecular flexibility index (Phi) is 4.56. The van der Waals surface area contributed by atoms with Crippen molar-refractivity contribution in [3.8, 4) is 5.75 Å². The summed E-state index contributed by atoms with van der Waals surface area (Å²) in [6.07, 6.45) is 3.90. The molecule has 24 heavy (non-hydrogen) atoms. The standard InChI is InChI=1S/C20H22O4/c1-23-17-11-10-16(14-8-4-5-9-15(14)17)18(21)20(19(22)24-2)12-6-3-7-13-20/h4-5,8-11H,3,6-7,12-13H2,1-2H3. The number of benzene rings is 2. The van der Waals surface area contributed by atoms with Crippen LogP contribution in [0.2, 0.25) is 0 Å². The molecule has 0 aliphatic heterocycles. The zero-order chi connectivity index (χ0) is 17.2. The van der Waals surface area contributed by atoms with E-state index in [9.17, 15) is 9.59 Å². The van der Waals surface area contributed by atoms with E-state index in [0.29, 0.717) is 18.4 Å². The molecule has 2 aromatic carbocycles. The maximum Gasteiger partial charge on any atom is 0.319 e. The first-order valence-corrected chi connectivity index (χ1v) is 8.33. The highest BCUT2D eigenvalue weighted by Gasteiger charge is 2.48. The molecule has 1 aliphatic rings. The first kappa shape index (κ1) is 16.5. The molecule has 1 saturated carbocycles. The summed E-state index contributed by atoms with van der Waals surface area (Å²) in [5.41, 5.74) is -0.483. The third-order valence-electron chi connectivity index (χ3n) is 5.07. The Bertz CT molecular complexity index is 772. The molecule has 2 aromatic rings. The maximum atomic E-state index is 13.4. The fourth-order valence-corrected chi connectivity index (χ4v) is 3.78. The predicted molar refractivity (Wildman–Crippen MR) is 92.4 cm³/mol. The Balaban J connectivity index is 2.15. The molecule has 3 rings (SSSR count). The van der Waals surface area contributed by atoms with Crippen molar-refractivity contribution in [2.24, 2.45) is 5.41 Å². The number of fused-ring (bicyclic) bond motifs is 1. The number of ketones is 1. The summed E-state index contributed by atoms with van der Waals surface area (Å²) in [5, 5.41) is 1.69. The summed E-state index contributed by atoms with van der Waals surface area (Å²) in [6, 6.07) is 11.2. The van der Waals surface area contributed by atoms with Crippen molar-refractivity contribution in [1.82, 2.24) is 0 Å². The number of carbonyl (C=O) groups is 2. The molecule has 1 aliphatic carbocycles. The van der Waals surface area contributed by atoms with Crippen molar-refractivity contribution in [2.45, 2.75) is 32.1 Å². The monoisotopic (exact) mass is 326 g/mol. The molecule has 0 amide bonds. The normalized spacial score (nSPS) is 16.6. The Hall–Kier alpha value is -2.36. The van der Waals surface area contributed by atoms with E-state index < -0.39 is 11.4 Å². The molecule has 4 heteroatoms. The third-order valence-corrected chi connectivity index (χ3v) is 5.07. The number of ether oxygens (including phenoxy) is 2. The van der Waals surface area contributed by atoms with Crippen molar-refractivity contribution < 1.29 is 19.1 Å². The third kappa shape index (κ3) is 2.56. The van der Waals surface area contributed by atoms with Gasteiger partial charge in [-0.1, -0.05) is 43.5 Å². The van der Waals surface area contributed by atoms with Crippen LogP contribution in [0.15, 0.2) is 36.4 Å². The average Bonchev–Trinajstić information content (AvgIpc) is 2.66. The van der Waals surface area contributed by atoms with Gasteiger partial charge in [0.1, 0.15) is 11.2 Å². The van der Waals surface area contributed by atoms with Crippen molar-refractivity contribution in [3.05, 3.63) is 42.0 Å². The van der Waals surface area contributed by atoms with Gasteiger partial charge in [0.05, 0.1) is 14.2 Å². The lowest BCUT2D eigenvalue weighted by atomic mass is 9.69. The SMILES string of the molecule is COC(=O)C1(C(=O)c2ccc(OC)c3ccccc23)CCCCC1. The van der Waals surface area contributed by atoms with Gasteiger partial charge in [0.15, 0.2) is 5.78 Å². The fraction of sp³-hybridized carbons (Fsp3) is 0.400. The Morgan fingerprint density at radius 3 is 2.21 bits per heavy atom. The number of rotatable bonds is 4. The zero-order valence-electron chi connectivity index (χ0n) is 14.1. The summed E-state index contributed by atoms with van der Waals surface area (Å²) in [7, 11) is 2.97. The fourth-order valence-electron chi connectivity index (χ4n) is 3.78. The summed E-state index contributed by atoms with van der Waals surface area (Å²) in [5.74, 6) is 0.179. The second-order valence-electron chi connectivity index (χ2n) is 6.32. The van der Waals surface area contributed by atoms with Gasteiger partial charge in [0.25, 0.3) is 0 Å². The van der Waals surface area contributed by atoms with Gasteiger partial charge in [0.2, 0.25) is 0 Å². The number of carbonyl (C=O) groups excluding carboxylic acids is 2. The molecule has 4 nitrogen and oxygen atoms in total. The summed E-state index contributed by atoms with van der Waals surface area (Å²) < 4.78 is 10.4. The second kappa shape index (κ2) is 6.63. The van der Waals surface area contributed by atoms with Gasteiger partial charge in [0, 0.05) is 10.9 Å². The van der Waals surface area contributed by atoms with E-state index in [4.69, 9.17) is 9.47 Å². The van der Waals surface area contributed by atoms with Crippen molar-refractivity contribution in [3.63, 3.8) is 0 Å².